The van der Waals surface area contributed by atoms with Gasteiger partial charge in [0.05, 0.1) is 12.5 Å². The first kappa shape index (κ1) is 15.9. The molecule has 17 heavy (non-hydrogen) atoms. The molecular weight excluding hydrogens is 224 g/mol. The van der Waals surface area contributed by atoms with Gasteiger partial charge in [-0.05, 0) is 19.8 Å². The highest BCUT2D eigenvalue weighted by Crippen LogP contribution is 1.97. The van der Waals surface area contributed by atoms with E-state index in [9.17, 15) is 9.59 Å². The maximum Gasteiger partial charge on any atom is 0.303 e. The highest BCUT2D eigenvalue weighted by molar-refractivity contribution is 5.76. The van der Waals surface area contributed by atoms with Gasteiger partial charge >= 0.3 is 5.97 Å². The van der Waals surface area contributed by atoms with Crippen molar-refractivity contribution in [2.24, 2.45) is 5.73 Å². The summed E-state index contributed by atoms with van der Waals surface area (Å²) in [5.41, 5.74) is 5.45. The summed E-state index contributed by atoms with van der Waals surface area (Å²) in [4.78, 5) is 21.7. The first-order valence-electron chi connectivity index (χ1n) is 5.90. The predicted octanol–water partition coefficient (Wildman–Crippen LogP) is 0.111. The van der Waals surface area contributed by atoms with Crippen molar-refractivity contribution in [2.45, 2.75) is 38.7 Å². The molecule has 0 aromatic rings. The number of nitrogens with one attached hydrogen (secondary N) is 1. The summed E-state index contributed by atoms with van der Waals surface area (Å²) < 4.78 is 5.26. The van der Waals surface area contributed by atoms with E-state index < -0.39 is 5.97 Å². The molecule has 0 aliphatic carbocycles. The number of aliphatic carboxylic acids is 1. The third kappa shape index (κ3) is 9.77. The van der Waals surface area contributed by atoms with E-state index in [1.807, 2.05) is 6.92 Å². The highest BCUT2D eigenvalue weighted by Gasteiger charge is 2.11. The number of amides is 1. The first-order valence-corrected chi connectivity index (χ1v) is 5.90. The summed E-state index contributed by atoms with van der Waals surface area (Å²) in [7, 11) is 0. The van der Waals surface area contributed by atoms with Crippen LogP contribution in [0.25, 0.3) is 0 Å². The molecule has 6 heteroatoms. The average Bonchev–Trinajstić information content (AvgIpc) is 2.27. The number of ether oxygens (including phenoxy) is 1. The maximum absolute atomic E-state index is 11.4. The molecule has 0 aliphatic heterocycles. The molecular formula is C11H22N2O4. The van der Waals surface area contributed by atoms with Crippen molar-refractivity contribution in [3.63, 3.8) is 0 Å². The molecule has 0 aliphatic rings. The Hall–Kier alpha value is -1.14. The van der Waals surface area contributed by atoms with E-state index in [1.165, 1.54) is 0 Å². The van der Waals surface area contributed by atoms with Gasteiger partial charge in [0.25, 0.3) is 0 Å². The summed E-state index contributed by atoms with van der Waals surface area (Å²) in [6, 6.07) is 0. The Kier molecular flexibility index (Phi) is 9.37. The van der Waals surface area contributed by atoms with E-state index >= 15 is 0 Å². The zero-order valence-corrected chi connectivity index (χ0v) is 10.3. The van der Waals surface area contributed by atoms with Gasteiger partial charge in [0.2, 0.25) is 5.91 Å². The molecule has 0 radical (unpaired) electrons. The summed E-state index contributed by atoms with van der Waals surface area (Å²) in [5.74, 6) is -0.917. The van der Waals surface area contributed by atoms with Crippen molar-refractivity contribution in [1.82, 2.24) is 5.32 Å². The van der Waals surface area contributed by atoms with Crippen LogP contribution >= 0.6 is 0 Å². The van der Waals surface area contributed by atoms with Gasteiger partial charge in [-0.3, -0.25) is 9.59 Å². The van der Waals surface area contributed by atoms with Crippen LogP contribution in [0.1, 0.15) is 32.6 Å². The van der Waals surface area contributed by atoms with Crippen LogP contribution in [-0.2, 0) is 14.3 Å². The third-order valence-electron chi connectivity index (χ3n) is 2.22. The molecule has 0 heterocycles. The molecule has 0 bridgehead atoms. The maximum atomic E-state index is 11.4. The van der Waals surface area contributed by atoms with E-state index in [-0.39, 0.29) is 24.9 Å². The normalized spacial score (nSPS) is 12.1. The molecule has 4 N–H and O–H groups in total. The smallest absolute Gasteiger partial charge is 0.303 e. The van der Waals surface area contributed by atoms with Crippen molar-refractivity contribution in [3.05, 3.63) is 0 Å². The fraction of sp³-hybridized carbons (Fsp3) is 0.818. The van der Waals surface area contributed by atoms with E-state index in [2.05, 4.69) is 5.32 Å². The van der Waals surface area contributed by atoms with Gasteiger partial charge in [-0.2, -0.15) is 0 Å². The number of carboxylic acid groups (broad SMARTS) is 1. The van der Waals surface area contributed by atoms with Crippen molar-refractivity contribution in [3.8, 4) is 0 Å². The van der Waals surface area contributed by atoms with Gasteiger partial charge in [-0.15, -0.1) is 0 Å². The fourth-order valence-corrected chi connectivity index (χ4v) is 1.35. The molecule has 0 aromatic heterocycles. The lowest BCUT2D eigenvalue weighted by molar-refractivity contribution is -0.137. The van der Waals surface area contributed by atoms with Crippen molar-refractivity contribution in [2.75, 3.05) is 19.7 Å². The Morgan fingerprint density at radius 1 is 1.41 bits per heavy atom. The Morgan fingerprint density at radius 2 is 2.12 bits per heavy atom. The van der Waals surface area contributed by atoms with Crippen LogP contribution in [0.3, 0.4) is 0 Å². The molecule has 0 saturated heterocycles. The number of hydrogen-bond acceptors (Lipinski definition) is 4. The van der Waals surface area contributed by atoms with Gasteiger partial charge in [0, 0.05) is 26.1 Å². The topological polar surface area (TPSA) is 102 Å². The molecule has 6 nitrogen and oxygen atoms in total. The number of hydrogen-bond donors (Lipinski definition) is 3. The van der Waals surface area contributed by atoms with Crippen LogP contribution in [0, 0.1) is 0 Å². The lowest BCUT2D eigenvalue weighted by Crippen LogP contribution is -2.33. The Balaban J connectivity index is 3.54. The summed E-state index contributed by atoms with van der Waals surface area (Å²) in [5, 5.41) is 11.1. The SMILES string of the molecule is CCOC(CN)CC(=O)NCCCCC(=O)O. The summed E-state index contributed by atoms with van der Waals surface area (Å²) >= 11 is 0. The minimum Gasteiger partial charge on any atom is -0.481 e. The monoisotopic (exact) mass is 246 g/mol. The van der Waals surface area contributed by atoms with E-state index in [0.29, 0.717) is 32.5 Å². The number of rotatable bonds is 10. The van der Waals surface area contributed by atoms with Crippen molar-refractivity contribution >= 4 is 11.9 Å². The lowest BCUT2D eigenvalue weighted by Gasteiger charge is -2.14. The van der Waals surface area contributed by atoms with Gasteiger partial charge < -0.3 is 20.9 Å². The van der Waals surface area contributed by atoms with Gasteiger partial charge in [-0.1, -0.05) is 0 Å². The van der Waals surface area contributed by atoms with Crippen LogP contribution < -0.4 is 11.1 Å². The Labute approximate surface area is 102 Å². The number of carboxylic acids is 1. The van der Waals surface area contributed by atoms with Crippen molar-refractivity contribution in [1.29, 1.82) is 0 Å². The van der Waals surface area contributed by atoms with Crippen LogP contribution in [0.15, 0.2) is 0 Å². The Morgan fingerprint density at radius 3 is 2.65 bits per heavy atom. The second-order valence-corrected chi connectivity index (χ2v) is 3.72. The second-order valence-electron chi connectivity index (χ2n) is 3.72. The molecule has 0 rings (SSSR count). The molecule has 0 spiro atoms. The molecule has 100 valence electrons. The van der Waals surface area contributed by atoms with E-state index in [0.717, 1.165) is 0 Å². The zero-order chi connectivity index (χ0) is 13.1. The first-order chi connectivity index (χ1) is 8.10. The van der Waals surface area contributed by atoms with Gasteiger partial charge in [0.1, 0.15) is 0 Å². The third-order valence-corrected chi connectivity index (χ3v) is 2.22. The van der Waals surface area contributed by atoms with E-state index in [4.69, 9.17) is 15.6 Å². The van der Waals surface area contributed by atoms with E-state index in [1.54, 1.807) is 0 Å². The molecule has 0 saturated carbocycles. The van der Waals surface area contributed by atoms with Gasteiger partial charge in [0.15, 0.2) is 0 Å². The average molecular weight is 246 g/mol. The number of carbonyl (C=O) groups is 2. The second kappa shape index (κ2) is 10.0. The minimum atomic E-state index is -0.809. The van der Waals surface area contributed by atoms with Crippen LogP contribution in [0.4, 0.5) is 0 Å². The molecule has 1 amide bonds. The largest absolute Gasteiger partial charge is 0.481 e. The molecule has 1 unspecified atom stereocenters. The number of carbonyl (C=O) groups excluding carboxylic acids is 1. The molecule has 1 atom stereocenters. The van der Waals surface area contributed by atoms with Crippen molar-refractivity contribution < 1.29 is 19.4 Å². The zero-order valence-electron chi connectivity index (χ0n) is 10.3. The molecule has 0 aromatic carbocycles. The van der Waals surface area contributed by atoms with Gasteiger partial charge in [-0.25, -0.2) is 0 Å². The summed E-state index contributed by atoms with van der Waals surface area (Å²) in [6.45, 7) is 3.20. The quantitative estimate of drug-likeness (QED) is 0.475. The highest BCUT2D eigenvalue weighted by atomic mass is 16.5. The minimum absolute atomic E-state index is 0.107. The fourth-order valence-electron chi connectivity index (χ4n) is 1.35. The standard InChI is InChI=1S/C11H22N2O4/c1-2-17-9(8-12)7-10(14)13-6-4-3-5-11(15)16/h9H,2-8,12H2,1H3,(H,13,14)(H,15,16). The number of nitrogens with two attached hydrogens (primary N) is 1. The Bertz CT molecular complexity index is 234. The molecule has 0 fully saturated rings. The van der Waals surface area contributed by atoms with Crippen LogP contribution in [-0.4, -0.2) is 42.8 Å². The van der Waals surface area contributed by atoms with Crippen LogP contribution in [0.5, 0.6) is 0 Å². The number of unbranched alkanes of at least 4 members (excludes halogenated alkanes) is 1. The predicted molar refractivity (Wildman–Crippen MR) is 63.6 cm³/mol. The lowest BCUT2D eigenvalue weighted by atomic mass is 10.2. The summed E-state index contributed by atoms with van der Waals surface area (Å²) in [6.07, 6.45) is 1.39. The van der Waals surface area contributed by atoms with Crippen LogP contribution in [0.2, 0.25) is 0 Å².